The third kappa shape index (κ3) is 3.61. The van der Waals surface area contributed by atoms with Crippen molar-refractivity contribution in [1.29, 1.82) is 0 Å². The molecule has 0 atom stereocenters. The standard InChI is InChI=1S/C17H17N5O/c1-13-19-16(21-18-12-14-8-4-2-5-9-14)20-17(23)22(13)15-10-6-3-7-11-15/h2-11,18H,12H2,1H3,(H,20,21,23). The first-order valence-corrected chi connectivity index (χ1v) is 7.30. The molecule has 3 rings (SSSR count). The highest BCUT2D eigenvalue weighted by molar-refractivity contribution is 5.33. The minimum atomic E-state index is -0.368. The predicted molar refractivity (Wildman–Crippen MR) is 89.3 cm³/mol. The number of nitrogens with one attached hydrogen (secondary N) is 2. The van der Waals surface area contributed by atoms with Gasteiger partial charge < -0.3 is 0 Å². The molecule has 0 amide bonds. The Labute approximate surface area is 133 Å². The monoisotopic (exact) mass is 307 g/mol. The van der Waals surface area contributed by atoms with Gasteiger partial charge in [0.25, 0.3) is 0 Å². The molecule has 0 aliphatic carbocycles. The van der Waals surface area contributed by atoms with E-state index in [0.717, 1.165) is 11.3 Å². The molecule has 0 aliphatic heterocycles. The first-order chi connectivity index (χ1) is 11.2. The molecule has 0 unspecified atom stereocenters. The van der Waals surface area contributed by atoms with Gasteiger partial charge in [-0.1, -0.05) is 48.5 Å². The molecule has 2 aromatic carbocycles. The van der Waals surface area contributed by atoms with E-state index in [1.54, 1.807) is 6.92 Å². The third-order valence-corrected chi connectivity index (χ3v) is 3.33. The average molecular weight is 307 g/mol. The molecule has 0 fully saturated rings. The van der Waals surface area contributed by atoms with E-state index in [9.17, 15) is 4.79 Å². The molecule has 0 spiro atoms. The van der Waals surface area contributed by atoms with Crippen LogP contribution in [0.1, 0.15) is 11.4 Å². The van der Waals surface area contributed by atoms with Crippen LogP contribution in [0.4, 0.5) is 5.95 Å². The van der Waals surface area contributed by atoms with Crippen molar-refractivity contribution >= 4 is 5.95 Å². The van der Waals surface area contributed by atoms with Crippen LogP contribution in [0.2, 0.25) is 0 Å². The van der Waals surface area contributed by atoms with Crippen LogP contribution in [-0.4, -0.2) is 14.5 Å². The smallest absolute Gasteiger partial charge is 0.289 e. The molecular weight excluding hydrogens is 290 g/mol. The molecule has 1 aromatic heterocycles. The second kappa shape index (κ2) is 6.85. The third-order valence-electron chi connectivity index (χ3n) is 3.33. The molecule has 6 heteroatoms. The van der Waals surface area contributed by atoms with Gasteiger partial charge >= 0.3 is 5.69 Å². The number of rotatable bonds is 5. The van der Waals surface area contributed by atoms with Crippen LogP contribution < -0.4 is 16.5 Å². The molecule has 0 bridgehead atoms. The fraction of sp³-hybridized carbons (Fsp3) is 0.118. The average Bonchev–Trinajstić information content (AvgIpc) is 2.56. The molecule has 23 heavy (non-hydrogen) atoms. The van der Waals surface area contributed by atoms with Crippen LogP contribution in [0.3, 0.4) is 0 Å². The molecule has 3 aromatic rings. The van der Waals surface area contributed by atoms with Gasteiger partial charge in [-0.2, -0.15) is 9.97 Å². The first kappa shape index (κ1) is 14.9. The predicted octanol–water partition coefficient (Wildman–Crippen LogP) is 2.05. The van der Waals surface area contributed by atoms with Crippen LogP contribution >= 0.6 is 0 Å². The quantitative estimate of drug-likeness (QED) is 0.706. The zero-order valence-electron chi connectivity index (χ0n) is 12.7. The summed E-state index contributed by atoms with van der Waals surface area (Å²) >= 11 is 0. The van der Waals surface area contributed by atoms with Crippen LogP contribution in [0.5, 0.6) is 0 Å². The molecule has 0 saturated heterocycles. The van der Waals surface area contributed by atoms with E-state index in [1.807, 2.05) is 60.7 Å². The number of aromatic nitrogens is 3. The summed E-state index contributed by atoms with van der Waals surface area (Å²) in [7, 11) is 0. The Morgan fingerprint density at radius 2 is 1.61 bits per heavy atom. The summed E-state index contributed by atoms with van der Waals surface area (Å²) in [5.74, 6) is 0.829. The molecule has 0 aliphatic rings. The zero-order chi connectivity index (χ0) is 16.1. The Hall–Kier alpha value is -2.99. The SMILES string of the molecule is Cc1nc(NNCc2ccccc2)nc(=O)n1-c1ccccc1. The summed E-state index contributed by atoms with van der Waals surface area (Å²) in [6.45, 7) is 2.38. The van der Waals surface area contributed by atoms with Crippen LogP contribution in [0.25, 0.3) is 5.69 Å². The molecular formula is C17H17N5O. The van der Waals surface area contributed by atoms with Crippen molar-refractivity contribution in [3.8, 4) is 5.69 Å². The van der Waals surface area contributed by atoms with E-state index in [-0.39, 0.29) is 11.6 Å². The molecule has 0 saturated carbocycles. The van der Waals surface area contributed by atoms with Gasteiger partial charge in [-0.05, 0) is 24.6 Å². The van der Waals surface area contributed by atoms with Crippen molar-refractivity contribution in [2.45, 2.75) is 13.5 Å². The van der Waals surface area contributed by atoms with Gasteiger partial charge in [-0.25, -0.2) is 14.8 Å². The van der Waals surface area contributed by atoms with E-state index in [1.165, 1.54) is 4.57 Å². The van der Waals surface area contributed by atoms with E-state index >= 15 is 0 Å². The van der Waals surface area contributed by atoms with E-state index in [2.05, 4.69) is 20.8 Å². The van der Waals surface area contributed by atoms with E-state index in [4.69, 9.17) is 0 Å². The van der Waals surface area contributed by atoms with Crippen LogP contribution in [-0.2, 0) is 6.54 Å². The topological polar surface area (TPSA) is 71.8 Å². The molecule has 1 heterocycles. The molecule has 116 valence electrons. The summed E-state index contributed by atoms with van der Waals surface area (Å²) in [4.78, 5) is 20.5. The Morgan fingerprint density at radius 3 is 2.26 bits per heavy atom. The number of benzene rings is 2. The number of nitrogens with zero attached hydrogens (tertiary/aromatic N) is 3. The number of para-hydroxylation sites is 1. The first-order valence-electron chi connectivity index (χ1n) is 7.30. The maximum Gasteiger partial charge on any atom is 0.356 e. The van der Waals surface area contributed by atoms with E-state index in [0.29, 0.717) is 12.4 Å². The van der Waals surface area contributed by atoms with Crippen molar-refractivity contribution in [2.24, 2.45) is 0 Å². The lowest BCUT2D eigenvalue weighted by Crippen LogP contribution is -2.30. The second-order valence-electron chi connectivity index (χ2n) is 5.01. The highest BCUT2D eigenvalue weighted by atomic mass is 16.1. The Kier molecular flexibility index (Phi) is 4.44. The maximum absolute atomic E-state index is 12.2. The number of hydrazine groups is 1. The normalized spacial score (nSPS) is 10.5. The summed E-state index contributed by atoms with van der Waals surface area (Å²) in [6, 6.07) is 19.3. The number of hydrogen-bond acceptors (Lipinski definition) is 5. The highest BCUT2D eigenvalue weighted by Gasteiger charge is 2.08. The van der Waals surface area contributed by atoms with Gasteiger partial charge in [0.15, 0.2) is 0 Å². The Bertz CT molecular complexity index is 831. The van der Waals surface area contributed by atoms with Crippen molar-refractivity contribution in [3.63, 3.8) is 0 Å². The fourth-order valence-electron chi connectivity index (χ4n) is 2.26. The number of anilines is 1. The van der Waals surface area contributed by atoms with Crippen molar-refractivity contribution in [3.05, 3.63) is 82.5 Å². The second-order valence-corrected chi connectivity index (χ2v) is 5.01. The number of aryl methyl sites for hydroxylation is 1. The Balaban J connectivity index is 1.74. The van der Waals surface area contributed by atoms with Gasteiger partial charge in [0.2, 0.25) is 5.95 Å². The molecule has 6 nitrogen and oxygen atoms in total. The Morgan fingerprint density at radius 1 is 0.957 bits per heavy atom. The minimum Gasteiger partial charge on any atom is -0.289 e. The minimum absolute atomic E-state index is 0.260. The van der Waals surface area contributed by atoms with E-state index < -0.39 is 0 Å². The summed E-state index contributed by atoms with van der Waals surface area (Å²) in [5.41, 5.74) is 7.38. The van der Waals surface area contributed by atoms with Gasteiger partial charge in [-0.15, -0.1) is 0 Å². The summed E-state index contributed by atoms with van der Waals surface area (Å²) < 4.78 is 1.47. The zero-order valence-corrected chi connectivity index (χ0v) is 12.7. The van der Waals surface area contributed by atoms with Gasteiger partial charge in [0.05, 0.1) is 5.69 Å². The fourth-order valence-corrected chi connectivity index (χ4v) is 2.26. The van der Waals surface area contributed by atoms with Crippen LogP contribution in [0.15, 0.2) is 65.5 Å². The van der Waals surface area contributed by atoms with Crippen LogP contribution in [0, 0.1) is 6.92 Å². The largest absolute Gasteiger partial charge is 0.356 e. The summed E-state index contributed by atoms with van der Waals surface area (Å²) in [5, 5.41) is 0. The van der Waals surface area contributed by atoms with Crippen molar-refractivity contribution in [2.75, 3.05) is 5.43 Å². The lowest BCUT2D eigenvalue weighted by atomic mass is 10.2. The highest BCUT2D eigenvalue weighted by Crippen LogP contribution is 2.06. The maximum atomic E-state index is 12.2. The van der Waals surface area contributed by atoms with Gasteiger partial charge in [0, 0.05) is 6.54 Å². The van der Waals surface area contributed by atoms with Crippen molar-refractivity contribution < 1.29 is 0 Å². The number of hydrogen-bond donors (Lipinski definition) is 2. The van der Waals surface area contributed by atoms with Gasteiger partial charge in [-0.3, -0.25) is 5.43 Å². The molecule has 0 radical (unpaired) electrons. The lowest BCUT2D eigenvalue weighted by Gasteiger charge is -2.11. The van der Waals surface area contributed by atoms with Crippen molar-refractivity contribution in [1.82, 2.24) is 20.0 Å². The van der Waals surface area contributed by atoms with Gasteiger partial charge in [0.1, 0.15) is 5.82 Å². The molecule has 2 N–H and O–H groups in total. The summed E-state index contributed by atoms with van der Waals surface area (Å²) in [6.07, 6.45) is 0. The lowest BCUT2D eigenvalue weighted by molar-refractivity contribution is 0.753.